The van der Waals surface area contributed by atoms with Crippen LogP contribution in [-0.2, 0) is 9.59 Å². The molecule has 0 aromatic carbocycles. The number of carbonyl (C=O) groups is 2. The lowest BCUT2D eigenvalue weighted by Gasteiger charge is -1.99. The van der Waals surface area contributed by atoms with Gasteiger partial charge in [0.15, 0.2) is 0 Å². The molecule has 0 bridgehead atoms. The van der Waals surface area contributed by atoms with Gasteiger partial charge in [-0.05, 0) is 6.42 Å². The summed E-state index contributed by atoms with van der Waals surface area (Å²) in [5.41, 5.74) is 0. The Morgan fingerprint density at radius 1 is 1.10 bits per heavy atom. The Kier molecular flexibility index (Phi) is 2.37. The maximum Gasteiger partial charge on any atom is 0.143 e. The summed E-state index contributed by atoms with van der Waals surface area (Å²) in [6, 6.07) is 0. The average molecular weight is 138 g/mol. The van der Waals surface area contributed by atoms with Crippen LogP contribution in [0.1, 0.15) is 25.7 Å². The third-order valence-corrected chi connectivity index (χ3v) is 1.50. The number of hydrogen-bond donors (Lipinski definition) is 0. The van der Waals surface area contributed by atoms with Crippen molar-refractivity contribution in [2.24, 2.45) is 0 Å². The molecule has 0 atom stereocenters. The van der Waals surface area contributed by atoms with E-state index < -0.39 is 0 Å². The van der Waals surface area contributed by atoms with Gasteiger partial charge in [0.2, 0.25) is 0 Å². The first kappa shape index (κ1) is 7.19. The maximum absolute atomic E-state index is 10.8. The molecule has 0 heterocycles. The Labute approximate surface area is 59.9 Å². The molecule has 2 heteroatoms. The van der Waals surface area contributed by atoms with E-state index in [-0.39, 0.29) is 18.0 Å². The zero-order valence-electron chi connectivity index (χ0n) is 5.80. The van der Waals surface area contributed by atoms with Crippen molar-refractivity contribution >= 4 is 11.6 Å². The molecule has 0 aromatic heterocycles. The number of allylic oxidation sites excluding steroid dienone is 2. The van der Waals surface area contributed by atoms with Crippen molar-refractivity contribution in [2.45, 2.75) is 25.7 Å². The molecule has 54 valence electrons. The van der Waals surface area contributed by atoms with Gasteiger partial charge in [0.25, 0.3) is 0 Å². The van der Waals surface area contributed by atoms with Crippen molar-refractivity contribution in [3.05, 3.63) is 12.2 Å². The Hall–Kier alpha value is -0.920. The van der Waals surface area contributed by atoms with Crippen LogP contribution in [0.2, 0.25) is 0 Å². The molecule has 0 saturated heterocycles. The van der Waals surface area contributed by atoms with Gasteiger partial charge < -0.3 is 0 Å². The van der Waals surface area contributed by atoms with Crippen LogP contribution < -0.4 is 0 Å². The number of Topliss-reactive ketones (excluding diaryl/α,β-unsaturated/α-hetero) is 2. The summed E-state index contributed by atoms with van der Waals surface area (Å²) in [7, 11) is 0. The Morgan fingerprint density at radius 2 is 1.90 bits per heavy atom. The molecular weight excluding hydrogens is 128 g/mol. The molecule has 0 unspecified atom stereocenters. The number of ketones is 2. The van der Waals surface area contributed by atoms with Gasteiger partial charge in [-0.15, -0.1) is 0 Å². The minimum atomic E-state index is 0.0425. The molecule has 0 N–H and O–H groups in total. The second kappa shape index (κ2) is 3.30. The lowest BCUT2D eigenvalue weighted by molar-refractivity contribution is -0.126. The topological polar surface area (TPSA) is 34.1 Å². The molecule has 1 rings (SSSR count). The van der Waals surface area contributed by atoms with Crippen LogP contribution in [0.3, 0.4) is 0 Å². The van der Waals surface area contributed by atoms with Crippen LogP contribution in [0, 0.1) is 0 Å². The monoisotopic (exact) mass is 138 g/mol. The predicted molar refractivity (Wildman–Crippen MR) is 37.6 cm³/mol. The second-order valence-electron chi connectivity index (χ2n) is 2.47. The lowest BCUT2D eigenvalue weighted by atomic mass is 10.0. The summed E-state index contributed by atoms with van der Waals surface area (Å²) in [6.45, 7) is 0. The molecule has 0 aliphatic heterocycles. The average Bonchev–Trinajstić information content (AvgIpc) is 1.83. The molecule has 2 nitrogen and oxygen atoms in total. The predicted octanol–water partition coefficient (Wildman–Crippen LogP) is 1.25. The van der Waals surface area contributed by atoms with Gasteiger partial charge in [-0.25, -0.2) is 0 Å². The summed E-state index contributed by atoms with van der Waals surface area (Å²) in [5.74, 6) is 0.121. The first-order valence-electron chi connectivity index (χ1n) is 3.47. The molecule has 0 saturated carbocycles. The van der Waals surface area contributed by atoms with Gasteiger partial charge in [-0.1, -0.05) is 12.2 Å². The van der Waals surface area contributed by atoms with Crippen molar-refractivity contribution < 1.29 is 9.59 Å². The SMILES string of the molecule is O=C1C/C=C\CCC(=O)C1. The van der Waals surface area contributed by atoms with Crippen LogP contribution in [0.5, 0.6) is 0 Å². The highest BCUT2D eigenvalue weighted by Gasteiger charge is 2.08. The van der Waals surface area contributed by atoms with Crippen molar-refractivity contribution in [1.82, 2.24) is 0 Å². The van der Waals surface area contributed by atoms with Crippen molar-refractivity contribution in [3.8, 4) is 0 Å². The molecule has 0 radical (unpaired) electrons. The van der Waals surface area contributed by atoms with Crippen molar-refractivity contribution in [3.63, 3.8) is 0 Å². The first-order chi connectivity index (χ1) is 4.79. The first-order valence-corrected chi connectivity index (χ1v) is 3.47. The summed E-state index contributed by atoms with van der Waals surface area (Å²) < 4.78 is 0. The second-order valence-corrected chi connectivity index (χ2v) is 2.47. The number of carbonyl (C=O) groups excluding carboxylic acids is 2. The van der Waals surface area contributed by atoms with Gasteiger partial charge in [-0.3, -0.25) is 9.59 Å². The van der Waals surface area contributed by atoms with E-state index in [0.717, 1.165) is 6.42 Å². The fraction of sp³-hybridized carbons (Fsp3) is 0.500. The van der Waals surface area contributed by atoms with Gasteiger partial charge in [0.1, 0.15) is 11.6 Å². The van der Waals surface area contributed by atoms with Crippen LogP contribution in [0.25, 0.3) is 0 Å². The third-order valence-electron chi connectivity index (χ3n) is 1.50. The van der Waals surface area contributed by atoms with Crippen LogP contribution in [0.4, 0.5) is 0 Å². The van der Waals surface area contributed by atoms with E-state index in [2.05, 4.69) is 0 Å². The zero-order valence-corrected chi connectivity index (χ0v) is 5.80. The highest BCUT2D eigenvalue weighted by molar-refractivity contribution is 5.99. The van der Waals surface area contributed by atoms with E-state index in [9.17, 15) is 9.59 Å². The van der Waals surface area contributed by atoms with Crippen LogP contribution in [0.15, 0.2) is 12.2 Å². The largest absolute Gasteiger partial charge is 0.299 e. The van der Waals surface area contributed by atoms with Gasteiger partial charge >= 0.3 is 0 Å². The summed E-state index contributed by atoms with van der Waals surface area (Å²) in [4.78, 5) is 21.6. The third kappa shape index (κ3) is 2.13. The molecule has 1 aliphatic carbocycles. The zero-order chi connectivity index (χ0) is 7.40. The Balaban J connectivity index is 2.55. The van der Waals surface area contributed by atoms with Crippen LogP contribution in [-0.4, -0.2) is 11.6 Å². The summed E-state index contributed by atoms with van der Waals surface area (Å²) in [5, 5.41) is 0. The molecule has 0 fully saturated rings. The Bertz CT molecular complexity index is 180. The van der Waals surface area contributed by atoms with Crippen LogP contribution >= 0.6 is 0 Å². The highest BCUT2D eigenvalue weighted by Crippen LogP contribution is 2.04. The van der Waals surface area contributed by atoms with Crippen molar-refractivity contribution in [2.75, 3.05) is 0 Å². The lowest BCUT2D eigenvalue weighted by Crippen LogP contribution is -2.07. The van der Waals surface area contributed by atoms with E-state index in [0.29, 0.717) is 12.8 Å². The molecular formula is C8H10O2. The molecule has 0 spiro atoms. The normalized spacial score (nSPS) is 23.6. The smallest absolute Gasteiger partial charge is 0.143 e. The number of hydrogen-bond acceptors (Lipinski definition) is 2. The quantitative estimate of drug-likeness (QED) is 0.373. The van der Waals surface area contributed by atoms with E-state index >= 15 is 0 Å². The van der Waals surface area contributed by atoms with E-state index in [1.54, 1.807) is 0 Å². The van der Waals surface area contributed by atoms with Gasteiger partial charge in [-0.2, -0.15) is 0 Å². The Morgan fingerprint density at radius 3 is 2.70 bits per heavy atom. The maximum atomic E-state index is 10.8. The van der Waals surface area contributed by atoms with Crippen molar-refractivity contribution in [1.29, 1.82) is 0 Å². The number of rotatable bonds is 0. The van der Waals surface area contributed by atoms with E-state index in [4.69, 9.17) is 0 Å². The fourth-order valence-corrected chi connectivity index (χ4v) is 0.957. The van der Waals surface area contributed by atoms with E-state index in [1.165, 1.54) is 0 Å². The van der Waals surface area contributed by atoms with Gasteiger partial charge in [0, 0.05) is 12.8 Å². The highest BCUT2D eigenvalue weighted by atomic mass is 16.1. The molecule has 0 aromatic rings. The molecule has 0 amide bonds. The minimum absolute atomic E-state index is 0.0425. The fourth-order valence-electron chi connectivity index (χ4n) is 0.957. The standard InChI is InChI=1S/C8H10O2/c9-7-4-2-1-3-5-8(10)6-7/h1-2H,3-6H2/b2-1-. The minimum Gasteiger partial charge on any atom is -0.299 e. The van der Waals surface area contributed by atoms with Gasteiger partial charge in [0.05, 0.1) is 6.42 Å². The molecule has 1 aliphatic rings. The van der Waals surface area contributed by atoms with E-state index in [1.807, 2.05) is 12.2 Å². The summed E-state index contributed by atoms with van der Waals surface area (Å²) in [6.07, 6.45) is 5.65. The summed E-state index contributed by atoms with van der Waals surface area (Å²) >= 11 is 0. The molecule has 10 heavy (non-hydrogen) atoms.